The highest BCUT2D eigenvalue weighted by atomic mass is 16.1. The van der Waals surface area contributed by atoms with Gasteiger partial charge in [-0.3, -0.25) is 9.59 Å². The van der Waals surface area contributed by atoms with E-state index in [0.717, 1.165) is 19.1 Å². The molecule has 0 bridgehead atoms. The minimum absolute atomic E-state index is 0.0178. The smallest absolute Gasteiger partial charge is 0.228 e. The van der Waals surface area contributed by atoms with Gasteiger partial charge in [-0.1, -0.05) is 36.4 Å². The number of aldehydes is 1. The van der Waals surface area contributed by atoms with Crippen LogP contribution in [0.15, 0.2) is 48.5 Å². The summed E-state index contributed by atoms with van der Waals surface area (Å²) in [5.41, 5.74) is 3.76. The summed E-state index contributed by atoms with van der Waals surface area (Å²) >= 11 is 0. The molecule has 3 heteroatoms. The second-order valence-electron chi connectivity index (χ2n) is 5.11. The predicted molar refractivity (Wildman–Crippen MR) is 77.8 cm³/mol. The van der Waals surface area contributed by atoms with E-state index in [0.29, 0.717) is 11.3 Å². The van der Waals surface area contributed by atoms with E-state index in [1.165, 1.54) is 11.1 Å². The van der Waals surface area contributed by atoms with Crippen LogP contribution in [0.3, 0.4) is 0 Å². The summed E-state index contributed by atoms with van der Waals surface area (Å²) in [6, 6.07) is 15.1. The molecular weight excluding hydrogens is 250 g/mol. The van der Waals surface area contributed by atoms with Crippen LogP contribution in [0.5, 0.6) is 0 Å². The zero-order valence-corrected chi connectivity index (χ0v) is 11.0. The molecule has 1 aliphatic rings. The Morgan fingerprint density at radius 3 is 2.40 bits per heavy atom. The van der Waals surface area contributed by atoms with Crippen LogP contribution in [0.4, 0.5) is 5.69 Å². The quantitative estimate of drug-likeness (QED) is 0.867. The SMILES string of the molecule is O=Cc1cccc(NC(=O)C2Cc3ccccc3C2)c1. The summed E-state index contributed by atoms with van der Waals surface area (Å²) in [6.45, 7) is 0. The third kappa shape index (κ3) is 2.48. The van der Waals surface area contributed by atoms with Crippen LogP contribution < -0.4 is 5.32 Å². The standard InChI is InChI=1S/C17H15NO2/c19-11-12-4-3-7-16(8-12)18-17(20)15-9-13-5-1-2-6-14(13)10-15/h1-8,11,15H,9-10H2,(H,18,20). The second kappa shape index (κ2) is 5.29. The Hall–Kier alpha value is -2.42. The Morgan fingerprint density at radius 2 is 1.75 bits per heavy atom. The third-order valence-corrected chi connectivity index (χ3v) is 3.71. The van der Waals surface area contributed by atoms with Crippen LogP contribution in [0, 0.1) is 5.92 Å². The van der Waals surface area contributed by atoms with Crippen LogP contribution in [0.25, 0.3) is 0 Å². The maximum absolute atomic E-state index is 12.3. The first kappa shape index (κ1) is 12.6. The maximum Gasteiger partial charge on any atom is 0.228 e. The number of anilines is 1. The largest absolute Gasteiger partial charge is 0.326 e. The molecule has 0 aromatic heterocycles. The molecule has 0 aliphatic heterocycles. The van der Waals surface area contributed by atoms with Gasteiger partial charge < -0.3 is 5.32 Å². The molecule has 0 heterocycles. The molecule has 0 spiro atoms. The van der Waals surface area contributed by atoms with Crippen LogP contribution in [-0.2, 0) is 17.6 Å². The molecule has 0 saturated heterocycles. The average Bonchev–Trinajstić information content (AvgIpc) is 2.91. The molecular formula is C17H15NO2. The number of hydrogen-bond donors (Lipinski definition) is 1. The summed E-state index contributed by atoms with van der Waals surface area (Å²) in [5, 5.41) is 2.90. The number of carbonyl (C=O) groups excluding carboxylic acids is 2. The van der Waals surface area contributed by atoms with Crippen molar-refractivity contribution in [3.63, 3.8) is 0 Å². The van der Waals surface area contributed by atoms with Gasteiger partial charge in [-0.05, 0) is 36.1 Å². The molecule has 1 amide bonds. The zero-order valence-electron chi connectivity index (χ0n) is 11.0. The number of hydrogen-bond acceptors (Lipinski definition) is 2. The van der Waals surface area contributed by atoms with Gasteiger partial charge in [0.05, 0.1) is 0 Å². The average molecular weight is 265 g/mol. The van der Waals surface area contributed by atoms with Gasteiger partial charge in [0.15, 0.2) is 0 Å². The van der Waals surface area contributed by atoms with Crippen molar-refractivity contribution in [1.82, 2.24) is 0 Å². The summed E-state index contributed by atoms with van der Waals surface area (Å²) in [5.74, 6) is -0.00321. The van der Waals surface area contributed by atoms with E-state index < -0.39 is 0 Å². The first-order valence-corrected chi connectivity index (χ1v) is 6.69. The Bertz CT molecular complexity index is 639. The molecule has 0 fully saturated rings. The number of rotatable bonds is 3. The molecule has 0 saturated carbocycles. The number of nitrogens with one attached hydrogen (secondary N) is 1. The lowest BCUT2D eigenvalue weighted by Crippen LogP contribution is -2.23. The molecule has 0 unspecified atom stereocenters. The summed E-state index contributed by atoms with van der Waals surface area (Å²) in [4.78, 5) is 23.0. The predicted octanol–water partition coefficient (Wildman–Crippen LogP) is 2.85. The first-order chi connectivity index (χ1) is 9.76. The molecule has 2 aromatic carbocycles. The molecule has 20 heavy (non-hydrogen) atoms. The van der Waals surface area contributed by atoms with Gasteiger partial charge in [0.1, 0.15) is 6.29 Å². The van der Waals surface area contributed by atoms with E-state index in [2.05, 4.69) is 17.4 Å². The molecule has 100 valence electrons. The van der Waals surface area contributed by atoms with Crippen LogP contribution in [0.1, 0.15) is 21.5 Å². The molecule has 0 radical (unpaired) electrons. The van der Waals surface area contributed by atoms with Crippen molar-refractivity contribution in [2.75, 3.05) is 5.32 Å². The van der Waals surface area contributed by atoms with E-state index in [4.69, 9.17) is 0 Å². The van der Waals surface area contributed by atoms with Crippen LogP contribution in [0.2, 0.25) is 0 Å². The van der Waals surface area contributed by atoms with Gasteiger partial charge in [0, 0.05) is 17.2 Å². The zero-order chi connectivity index (χ0) is 13.9. The van der Waals surface area contributed by atoms with Gasteiger partial charge in [-0.2, -0.15) is 0 Å². The van der Waals surface area contributed by atoms with E-state index >= 15 is 0 Å². The summed E-state index contributed by atoms with van der Waals surface area (Å²) < 4.78 is 0. The Balaban J connectivity index is 1.70. The molecule has 1 aliphatic carbocycles. The van der Waals surface area contributed by atoms with Crippen molar-refractivity contribution in [3.05, 3.63) is 65.2 Å². The Morgan fingerprint density at radius 1 is 1.05 bits per heavy atom. The Labute approximate surface area is 117 Å². The summed E-state index contributed by atoms with van der Waals surface area (Å²) in [6.07, 6.45) is 2.35. The lowest BCUT2D eigenvalue weighted by molar-refractivity contribution is -0.119. The number of benzene rings is 2. The van der Waals surface area contributed by atoms with Crippen molar-refractivity contribution in [1.29, 1.82) is 0 Å². The highest BCUT2D eigenvalue weighted by molar-refractivity contribution is 5.94. The lowest BCUT2D eigenvalue weighted by Gasteiger charge is -2.10. The molecule has 2 aromatic rings. The minimum atomic E-state index is -0.0210. The van der Waals surface area contributed by atoms with Gasteiger partial charge >= 0.3 is 0 Å². The highest BCUT2D eigenvalue weighted by Gasteiger charge is 2.26. The minimum Gasteiger partial charge on any atom is -0.326 e. The Kier molecular flexibility index (Phi) is 3.33. The van der Waals surface area contributed by atoms with Crippen molar-refractivity contribution in [2.45, 2.75) is 12.8 Å². The van der Waals surface area contributed by atoms with Crippen molar-refractivity contribution in [3.8, 4) is 0 Å². The van der Waals surface area contributed by atoms with E-state index in [9.17, 15) is 9.59 Å². The fraction of sp³-hybridized carbons (Fsp3) is 0.176. The third-order valence-electron chi connectivity index (χ3n) is 3.71. The van der Waals surface area contributed by atoms with Gasteiger partial charge in [-0.15, -0.1) is 0 Å². The monoisotopic (exact) mass is 265 g/mol. The molecule has 1 N–H and O–H groups in total. The fourth-order valence-corrected chi connectivity index (χ4v) is 2.68. The first-order valence-electron chi connectivity index (χ1n) is 6.69. The number of amides is 1. The number of carbonyl (C=O) groups is 2. The van der Waals surface area contributed by atoms with Crippen LogP contribution in [-0.4, -0.2) is 12.2 Å². The van der Waals surface area contributed by atoms with Crippen LogP contribution >= 0.6 is 0 Å². The van der Waals surface area contributed by atoms with E-state index in [1.807, 2.05) is 12.1 Å². The normalized spacial score (nSPS) is 13.8. The number of fused-ring (bicyclic) bond motifs is 1. The topological polar surface area (TPSA) is 46.2 Å². The van der Waals surface area contributed by atoms with Crippen molar-refractivity contribution < 1.29 is 9.59 Å². The van der Waals surface area contributed by atoms with E-state index in [1.54, 1.807) is 24.3 Å². The lowest BCUT2D eigenvalue weighted by atomic mass is 10.1. The van der Waals surface area contributed by atoms with Crippen molar-refractivity contribution >= 4 is 17.9 Å². The molecule has 0 atom stereocenters. The van der Waals surface area contributed by atoms with Gasteiger partial charge in [-0.25, -0.2) is 0 Å². The van der Waals surface area contributed by atoms with Gasteiger partial charge in [0.25, 0.3) is 0 Å². The van der Waals surface area contributed by atoms with Gasteiger partial charge in [0.2, 0.25) is 5.91 Å². The molecule has 3 rings (SSSR count). The highest BCUT2D eigenvalue weighted by Crippen LogP contribution is 2.27. The second-order valence-corrected chi connectivity index (χ2v) is 5.11. The summed E-state index contributed by atoms with van der Waals surface area (Å²) in [7, 11) is 0. The maximum atomic E-state index is 12.3. The molecule has 3 nitrogen and oxygen atoms in total. The fourth-order valence-electron chi connectivity index (χ4n) is 2.68. The van der Waals surface area contributed by atoms with Crippen molar-refractivity contribution in [2.24, 2.45) is 5.92 Å². The van der Waals surface area contributed by atoms with E-state index in [-0.39, 0.29) is 11.8 Å².